The quantitative estimate of drug-likeness (QED) is 0.0828. The largest absolute Gasteiger partial charge is 0.491 e. The van der Waals surface area contributed by atoms with Crippen molar-refractivity contribution < 1.29 is 82.6 Å². The number of carbonyl (C=O) groups excluding carboxylic acids is 2. The van der Waals surface area contributed by atoms with Crippen LogP contribution in [0.5, 0.6) is 17.2 Å². The predicted octanol–water partition coefficient (Wildman–Crippen LogP) is 14.5. The van der Waals surface area contributed by atoms with Crippen LogP contribution in [-0.2, 0) is 68.1 Å². The van der Waals surface area contributed by atoms with E-state index in [2.05, 4.69) is 14.2 Å². The van der Waals surface area contributed by atoms with Gasteiger partial charge in [0, 0.05) is 33.4 Å². The Morgan fingerprint density at radius 1 is 0.439 bits per heavy atom. The van der Waals surface area contributed by atoms with Crippen LogP contribution in [0.1, 0.15) is 160 Å². The number of nitrogens with one attached hydrogen (secondary N) is 3. The van der Waals surface area contributed by atoms with Crippen LogP contribution in [0.15, 0.2) is 85.1 Å². The molecule has 3 atom stereocenters. The van der Waals surface area contributed by atoms with Gasteiger partial charge in [-0.2, -0.15) is 0 Å². The van der Waals surface area contributed by atoms with Gasteiger partial charge in [0.15, 0.2) is 24.1 Å². The third-order valence-electron chi connectivity index (χ3n) is 16.2. The molecule has 9 rings (SSSR count). The number of carboxylic acids is 1. The average molecular weight is 1410 g/mol. The van der Waals surface area contributed by atoms with E-state index in [-0.39, 0.29) is 41.8 Å². The van der Waals surface area contributed by atoms with E-state index in [1.165, 1.54) is 26.6 Å². The first-order valence-electron chi connectivity index (χ1n) is 32.2. The van der Waals surface area contributed by atoms with Crippen molar-refractivity contribution in [1.29, 1.82) is 0 Å². The lowest BCUT2D eigenvalue weighted by Crippen LogP contribution is -2.30. The van der Waals surface area contributed by atoms with Crippen LogP contribution in [0.2, 0.25) is 0 Å². The van der Waals surface area contributed by atoms with Crippen molar-refractivity contribution >= 4 is 65.0 Å². The number of anilines is 3. The van der Waals surface area contributed by atoms with Gasteiger partial charge in [-0.25, -0.2) is 39.6 Å². The van der Waals surface area contributed by atoms with E-state index in [1.807, 2.05) is 156 Å². The van der Waals surface area contributed by atoms with E-state index in [4.69, 9.17) is 37.9 Å². The number of fused-ring (bicyclic) bond motifs is 3. The molecule has 0 fully saturated rings. The Balaban J connectivity index is 0.000000207. The van der Waals surface area contributed by atoms with Crippen LogP contribution in [0.3, 0.4) is 0 Å². The fraction of sp³-hybridized carbons (Fsp3) is 0.446. The summed E-state index contributed by atoms with van der Waals surface area (Å²) in [6.07, 6.45) is 0.119. The molecule has 0 amide bonds. The fourth-order valence-corrected chi connectivity index (χ4v) is 15.1. The van der Waals surface area contributed by atoms with Crippen molar-refractivity contribution in [2.24, 2.45) is 0 Å². The molecule has 6 aromatic carbocycles. The molecular formula is C74H95N3O18S3. The number of aliphatic carboxylic acids is 1. The molecular weight excluding hydrogens is 1320 g/mol. The number of carbonyl (C=O) groups is 3. The second-order valence-corrected chi connectivity index (χ2v) is 33.1. The summed E-state index contributed by atoms with van der Waals surface area (Å²) < 4.78 is 130. The lowest BCUT2D eigenvalue weighted by Gasteiger charge is -2.32. The van der Waals surface area contributed by atoms with Crippen LogP contribution in [0, 0.1) is 62.3 Å². The number of methoxy groups -OCH3 is 2. The Bertz CT molecular complexity index is 4350. The zero-order valence-electron chi connectivity index (χ0n) is 59.9. The molecule has 0 saturated carbocycles. The molecule has 0 saturated heterocycles. The Morgan fingerprint density at radius 3 is 1.05 bits per heavy atom. The zero-order valence-corrected chi connectivity index (χ0v) is 62.3. The number of hydrogen-bond donors (Lipinski definition) is 4. The zero-order chi connectivity index (χ0) is 72.9. The number of sulfonamides is 3. The maximum Gasteiger partial charge on any atom is 0.339 e. The van der Waals surface area contributed by atoms with Crippen molar-refractivity contribution in [2.75, 3.05) is 58.9 Å². The number of rotatable bonds is 12. The summed E-state index contributed by atoms with van der Waals surface area (Å²) in [7, 11) is -8.20. The lowest BCUT2D eigenvalue weighted by atomic mass is 9.86. The summed E-state index contributed by atoms with van der Waals surface area (Å²) in [5.74, 6) is -1.35. The average Bonchev–Trinajstić information content (AvgIpc) is 0.760. The molecule has 98 heavy (non-hydrogen) atoms. The van der Waals surface area contributed by atoms with Crippen LogP contribution >= 0.6 is 0 Å². The summed E-state index contributed by atoms with van der Waals surface area (Å²) in [5.41, 5.74) is 11.9. The fourth-order valence-electron chi connectivity index (χ4n) is 11.8. The van der Waals surface area contributed by atoms with Gasteiger partial charge in [0.25, 0.3) is 0 Å². The summed E-state index contributed by atoms with van der Waals surface area (Å²) in [6.45, 7) is 33.8. The molecule has 3 heterocycles. The first kappa shape index (κ1) is 77.4. The molecule has 532 valence electrons. The lowest BCUT2D eigenvalue weighted by molar-refractivity contribution is -0.164. The standard InChI is InChI=1S/C25H33NO6S.C25H31NO6S.C24H31NO6S/c2*1-15-9-11-18(12-10-15)19-17(3)22-21(26-33(28,29)14-8-13-31-22)16(2)20(19)23(24(27)30-7)32-25(4,5)6;1-14-8-10-17(11-9-14)18-16(3)21-20(25-32(28,29)13-7-12-30-21)15(2)19(18)22(23(26)27)31-24(4,5)6/h9-12,23,26H,8,13-14H2,1-7H3;8-13,23,26H,14H2,1-7H3;8-11,22,25H,7,12-13H2,1-6H3,(H,26,27)/b;13-8-;/t2*23-;22-/m000/s1. The van der Waals surface area contributed by atoms with E-state index in [9.17, 15) is 44.7 Å². The number of ether oxygens (including phenoxy) is 8. The van der Waals surface area contributed by atoms with Gasteiger partial charge >= 0.3 is 17.9 Å². The SMILES string of the molecule is COC(=O)[C@@H](OC(C)(C)C)c1c(C)c2c(c(C)c1-c1ccc(C)cc1)O/C=C\CS(=O)(=O)N2.COC(=O)[C@@H](OC(C)(C)C)c1c(C)c2c(c(C)c1-c1ccc(C)cc1)OCCCS(=O)(=O)N2.Cc1ccc(-c2c(C)c3c(c(C)c2[C@H](OC(C)(C)C)C(=O)O)NS(=O)(=O)CCCO3)cc1. The molecule has 0 unspecified atom stereocenters. The normalized spacial score (nSPS) is 16.7. The van der Waals surface area contributed by atoms with Gasteiger partial charge in [0.1, 0.15) is 11.5 Å². The molecule has 24 heteroatoms. The molecule has 0 spiro atoms. The van der Waals surface area contributed by atoms with Crippen LogP contribution in [0.4, 0.5) is 17.1 Å². The number of aryl methyl sites for hydroxylation is 3. The van der Waals surface area contributed by atoms with E-state index >= 15 is 0 Å². The van der Waals surface area contributed by atoms with Crippen molar-refractivity contribution in [2.45, 2.75) is 173 Å². The predicted molar refractivity (Wildman–Crippen MR) is 383 cm³/mol. The van der Waals surface area contributed by atoms with Crippen molar-refractivity contribution in [3.63, 3.8) is 0 Å². The van der Waals surface area contributed by atoms with E-state index in [1.54, 1.807) is 41.5 Å². The van der Waals surface area contributed by atoms with E-state index in [0.29, 0.717) is 85.8 Å². The smallest absolute Gasteiger partial charge is 0.339 e. The van der Waals surface area contributed by atoms with Gasteiger partial charge in [-0.3, -0.25) is 14.2 Å². The summed E-state index contributed by atoms with van der Waals surface area (Å²) in [6, 6.07) is 23.6. The van der Waals surface area contributed by atoms with Gasteiger partial charge in [0.05, 0.1) is 84.8 Å². The molecule has 6 aromatic rings. The molecule has 0 bridgehead atoms. The number of benzene rings is 6. The van der Waals surface area contributed by atoms with Crippen molar-refractivity contribution in [3.05, 3.63) is 152 Å². The number of esters is 2. The molecule has 4 N–H and O–H groups in total. The second-order valence-electron chi connectivity index (χ2n) is 27.7. The maximum atomic E-state index is 13.0. The van der Waals surface area contributed by atoms with E-state index < -0.39 is 83.1 Å². The highest BCUT2D eigenvalue weighted by Crippen LogP contribution is 2.51. The monoisotopic (exact) mass is 1410 g/mol. The highest BCUT2D eigenvalue weighted by Gasteiger charge is 2.40. The topological polar surface area (TPSA) is 284 Å². The number of carboxylic acid groups (broad SMARTS) is 1. The second kappa shape index (κ2) is 30.6. The third-order valence-corrected chi connectivity index (χ3v) is 20.1. The minimum Gasteiger partial charge on any atom is -0.491 e. The van der Waals surface area contributed by atoms with E-state index in [0.717, 1.165) is 50.1 Å². The molecule has 0 radical (unpaired) electrons. The van der Waals surface area contributed by atoms with Crippen LogP contribution < -0.4 is 28.4 Å². The molecule has 21 nitrogen and oxygen atoms in total. The Morgan fingerprint density at radius 2 is 0.735 bits per heavy atom. The summed E-state index contributed by atoms with van der Waals surface area (Å²) in [4.78, 5) is 38.4. The number of hydrogen-bond acceptors (Lipinski definition) is 17. The minimum atomic E-state index is -3.66. The first-order chi connectivity index (χ1) is 45.5. The van der Waals surface area contributed by atoms with Gasteiger partial charge in [-0.05, 0) is 194 Å². The van der Waals surface area contributed by atoms with Crippen molar-refractivity contribution in [1.82, 2.24) is 0 Å². The highest BCUT2D eigenvalue weighted by molar-refractivity contribution is 7.93. The minimum absolute atomic E-state index is 0.0428. The first-order valence-corrected chi connectivity index (χ1v) is 37.2. The maximum absolute atomic E-state index is 13.0. The molecule has 0 aliphatic carbocycles. The van der Waals surface area contributed by atoms with Gasteiger partial charge in [-0.1, -0.05) is 89.5 Å². The van der Waals surface area contributed by atoms with Crippen LogP contribution in [-0.4, -0.2) is 110 Å². The Kier molecular flexibility index (Phi) is 24.2. The molecule has 3 aliphatic rings. The molecule has 0 aromatic heterocycles. The van der Waals surface area contributed by atoms with Gasteiger partial charge in [-0.15, -0.1) is 0 Å². The summed E-state index contributed by atoms with van der Waals surface area (Å²) in [5, 5.41) is 10.1. The van der Waals surface area contributed by atoms with Gasteiger partial charge in [0.2, 0.25) is 30.1 Å². The Labute approximate surface area is 578 Å². The highest BCUT2D eigenvalue weighted by atomic mass is 32.2. The van der Waals surface area contributed by atoms with Crippen LogP contribution in [0.25, 0.3) is 33.4 Å². The van der Waals surface area contributed by atoms with Gasteiger partial charge < -0.3 is 43.0 Å². The summed E-state index contributed by atoms with van der Waals surface area (Å²) >= 11 is 0. The van der Waals surface area contributed by atoms with Crippen molar-refractivity contribution in [3.8, 4) is 50.6 Å². The molecule has 3 aliphatic heterocycles. The third kappa shape index (κ3) is 18.8. The Hall–Kier alpha value is -8.00.